The van der Waals surface area contributed by atoms with Crippen LogP contribution in [0, 0.1) is 6.92 Å². The average molecular weight is 364 g/mol. The van der Waals surface area contributed by atoms with Gasteiger partial charge in [-0.2, -0.15) is 0 Å². The Morgan fingerprint density at radius 3 is 1.31 bits per heavy atom. The van der Waals surface area contributed by atoms with E-state index in [1.807, 2.05) is 0 Å². The van der Waals surface area contributed by atoms with Gasteiger partial charge in [-0.15, -0.1) is 0 Å². The van der Waals surface area contributed by atoms with Gasteiger partial charge in [0.1, 0.15) is 0 Å². The number of hydrogen-bond acceptors (Lipinski definition) is 0. The van der Waals surface area contributed by atoms with Crippen molar-refractivity contribution in [3.05, 3.63) is 65.6 Å². The lowest BCUT2D eigenvalue weighted by molar-refractivity contribution is 0.588. The van der Waals surface area contributed by atoms with E-state index >= 15 is 0 Å². The van der Waals surface area contributed by atoms with Gasteiger partial charge in [0, 0.05) is 5.04 Å². The molecule has 26 heavy (non-hydrogen) atoms. The molecule has 1 heteroatoms. The highest BCUT2D eigenvalue weighted by molar-refractivity contribution is 6.80. The molecule has 2 aromatic carbocycles. The fraction of sp³-hybridized carbons (Fsp3) is 0.480. The summed E-state index contributed by atoms with van der Waals surface area (Å²) >= 11 is 0. The van der Waals surface area contributed by atoms with Crippen molar-refractivity contribution in [2.75, 3.05) is 0 Å². The third-order valence-electron chi connectivity index (χ3n) is 6.26. The van der Waals surface area contributed by atoms with Gasteiger partial charge in [0.2, 0.25) is 0 Å². The van der Waals surface area contributed by atoms with E-state index in [-0.39, 0.29) is 15.9 Å². The predicted molar refractivity (Wildman–Crippen MR) is 119 cm³/mol. The summed E-state index contributed by atoms with van der Waals surface area (Å²) in [6.07, 6.45) is 0. The molecular formula is C25H35Si. The van der Waals surface area contributed by atoms with E-state index in [0.717, 1.165) is 0 Å². The van der Waals surface area contributed by atoms with Crippen molar-refractivity contribution in [2.45, 2.75) is 77.1 Å². The summed E-state index contributed by atoms with van der Waals surface area (Å²) in [5.74, 6) is 0. The van der Waals surface area contributed by atoms with E-state index in [1.54, 1.807) is 0 Å². The topological polar surface area (TPSA) is 0 Å². The van der Waals surface area contributed by atoms with E-state index < -0.39 is 8.07 Å². The van der Waals surface area contributed by atoms with Gasteiger partial charge in [0.25, 0.3) is 0 Å². The Hall–Kier alpha value is -1.34. The molecule has 0 aliphatic heterocycles. The van der Waals surface area contributed by atoms with Crippen LogP contribution in [-0.2, 0) is 15.9 Å². The van der Waals surface area contributed by atoms with Crippen molar-refractivity contribution >= 4 is 8.07 Å². The molecule has 0 fully saturated rings. The molecule has 0 bridgehead atoms. The molecule has 0 nitrogen and oxygen atoms in total. The quantitative estimate of drug-likeness (QED) is 0.468. The monoisotopic (exact) mass is 363 g/mol. The van der Waals surface area contributed by atoms with E-state index in [4.69, 9.17) is 6.92 Å². The molecule has 0 N–H and O–H groups in total. The van der Waals surface area contributed by atoms with Crippen LogP contribution in [0.4, 0.5) is 0 Å². The summed E-state index contributed by atoms with van der Waals surface area (Å²) in [5.41, 5.74) is 8.81. The molecule has 2 aromatic rings. The van der Waals surface area contributed by atoms with E-state index in [0.29, 0.717) is 0 Å². The zero-order valence-corrected chi connectivity index (χ0v) is 19.2. The molecule has 0 aromatic heterocycles. The van der Waals surface area contributed by atoms with Crippen molar-refractivity contribution in [3.8, 4) is 11.1 Å². The maximum absolute atomic E-state index is 4.93. The van der Waals surface area contributed by atoms with Crippen molar-refractivity contribution in [2.24, 2.45) is 0 Å². The molecular weight excluding hydrogens is 328 g/mol. The Morgan fingerprint density at radius 2 is 1.04 bits per heavy atom. The third kappa shape index (κ3) is 2.80. The maximum atomic E-state index is 4.93. The molecule has 0 heterocycles. The van der Waals surface area contributed by atoms with E-state index in [2.05, 4.69) is 97.6 Å². The van der Waals surface area contributed by atoms with Gasteiger partial charge < -0.3 is 0 Å². The van der Waals surface area contributed by atoms with Gasteiger partial charge in [-0.25, -0.2) is 0 Å². The Bertz CT molecular complexity index is 788. The van der Waals surface area contributed by atoms with Crippen molar-refractivity contribution in [3.63, 3.8) is 0 Å². The van der Waals surface area contributed by atoms with Gasteiger partial charge in [0.05, 0.1) is 8.07 Å². The minimum absolute atomic E-state index is 0.0970. The van der Waals surface area contributed by atoms with Crippen LogP contribution in [0.2, 0.25) is 19.6 Å². The second kappa shape index (κ2) is 5.58. The van der Waals surface area contributed by atoms with Gasteiger partial charge in [-0.05, 0) is 51.1 Å². The third-order valence-corrected chi connectivity index (χ3v) is 9.36. The second-order valence-corrected chi connectivity index (χ2v) is 16.5. The van der Waals surface area contributed by atoms with Gasteiger partial charge in [-0.1, -0.05) is 97.6 Å². The lowest BCUT2D eigenvalue weighted by atomic mass is 9.83. The van der Waals surface area contributed by atoms with Crippen LogP contribution in [0.5, 0.6) is 0 Å². The molecule has 0 saturated heterocycles. The first-order valence-electron chi connectivity index (χ1n) is 9.83. The van der Waals surface area contributed by atoms with Crippen LogP contribution in [-0.4, -0.2) is 8.07 Å². The minimum atomic E-state index is -1.63. The van der Waals surface area contributed by atoms with Gasteiger partial charge >= 0.3 is 0 Å². The standard InChI is InChI=1S/C25H35Si/c1-23(2,3)17-11-13-19-20-14-12-18(24(4,5)6)16-22(20)25(7,21(19)15-17)26(8,9)10/h11-16H,7H2,1-6,8-10H3. The SMILES string of the molecule is [CH2]C1([Si](C)(C)C)c2cc(C(C)(C)C)ccc2-c2ccc(C(C)(C)C)cc21. The lowest BCUT2D eigenvalue weighted by Crippen LogP contribution is -2.47. The van der Waals surface area contributed by atoms with E-state index in [1.165, 1.54) is 33.4 Å². The molecule has 0 spiro atoms. The van der Waals surface area contributed by atoms with Crippen LogP contribution >= 0.6 is 0 Å². The molecule has 0 saturated carbocycles. The van der Waals surface area contributed by atoms with Crippen molar-refractivity contribution in [1.29, 1.82) is 0 Å². The summed E-state index contributed by atoms with van der Waals surface area (Å²) in [7, 11) is -1.63. The Labute approximate surface area is 162 Å². The van der Waals surface area contributed by atoms with Crippen LogP contribution in [0.15, 0.2) is 36.4 Å². The van der Waals surface area contributed by atoms with Crippen molar-refractivity contribution < 1.29 is 0 Å². The first kappa shape index (κ1) is 19.4. The highest BCUT2D eigenvalue weighted by Gasteiger charge is 2.49. The summed E-state index contributed by atoms with van der Waals surface area (Å²) < 4.78 is 0. The molecule has 0 unspecified atom stereocenters. The molecule has 0 atom stereocenters. The number of hydrogen-bond donors (Lipinski definition) is 0. The fourth-order valence-electron chi connectivity index (χ4n) is 4.15. The number of rotatable bonds is 1. The molecule has 139 valence electrons. The summed E-state index contributed by atoms with van der Waals surface area (Å²) in [5, 5.41) is -0.0970. The minimum Gasteiger partial charge on any atom is -0.0686 e. The normalized spacial score (nSPS) is 16.4. The van der Waals surface area contributed by atoms with Crippen molar-refractivity contribution in [1.82, 2.24) is 0 Å². The summed E-state index contributed by atoms with van der Waals surface area (Å²) in [6, 6.07) is 14.2. The van der Waals surface area contributed by atoms with E-state index in [9.17, 15) is 0 Å². The zero-order valence-electron chi connectivity index (χ0n) is 18.2. The van der Waals surface area contributed by atoms with Crippen LogP contribution in [0.3, 0.4) is 0 Å². The Kier molecular flexibility index (Phi) is 4.17. The lowest BCUT2D eigenvalue weighted by Gasteiger charge is -2.40. The van der Waals surface area contributed by atoms with Crippen LogP contribution < -0.4 is 0 Å². The molecule has 3 rings (SSSR count). The highest BCUT2D eigenvalue weighted by Crippen LogP contribution is 2.54. The maximum Gasteiger partial charge on any atom is 0.0613 e. The van der Waals surface area contributed by atoms with Crippen LogP contribution in [0.1, 0.15) is 63.8 Å². The van der Waals surface area contributed by atoms with Crippen LogP contribution in [0.25, 0.3) is 11.1 Å². The van der Waals surface area contributed by atoms with Gasteiger partial charge in [-0.3, -0.25) is 0 Å². The highest BCUT2D eigenvalue weighted by atomic mass is 28.3. The molecule has 1 aliphatic rings. The van der Waals surface area contributed by atoms with Gasteiger partial charge in [0.15, 0.2) is 0 Å². The second-order valence-electron chi connectivity index (χ2n) is 11.2. The smallest absolute Gasteiger partial charge is 0.0613 e. The Balaban J connectivity index is 2.35. The molecule has 1 radical (unpaired) electrons. The first-order valence-corrected chi connectivity index (χ1v) is 13.3. The predicted octanol–water partition coefficient (Wildman–Crippen LogP) is 7.26. The summed E-state index contributed by atoms with van der Waals surface area (Å²) in [4.78, 5) is 0. The fourth-order valence-corrected chi connectivity index (χ4v) is 6.18. The molecule has 0 amide bonds. The Morgan fingerprint density at radius 1 is 0.692 bits per heavy atom. The molecule has 1 aliphatic carbocycles. The average Bonchev–Trinajstić information content (AvgIpc) is 2.75. The number of benzene rings is 2. The summed E-state index contributed by atoms with van der Waals surface area (Å²) in [6.45, 7) is 26.1. The largest absolute Gasteiger partial charge is 0.0686 e. The zero-order chi connectivity index (χ0) is 19.7. The first-order chi connectivity index (χ1) is 11.7. The number of fused-ring (bicyclic) bond motifs is 3.